The van der Waals surface area contributed by atoms with Crippen LogP contribution >= 0.6 is 0 Å². The molecule has 1 unspecified atom stereocenters. The first-order chi connectivity index (χ1) is 12.0. The summed E-state index contributed by atoms with van der Waals surface area (Å²) < 4.78 is 5.33. The molecular formula is C18H23N3O4. The van der Waals surface area contributed by atoms with E-state index in [0.717, 1.165) is 0 Å². The summed E-state index contributed by atoms with van der Waals surface area (Å²) in [6.45, 7) is 4.05. The molecule has 0 spiro atoms. The van der Waals surface area contributed by atoms with Crippen molar-refractivity contribution in [2.45, 2.75) is 13.3 Å². The average molecular weight is 345 g/mol. The standard InChI is InChI=1S/C18H23N3O4/c1-13(22)19-9-11-20(12-10-19)17(23)14-7-8-21(18(14)24)15-5-3-4-6-16(15)25-2/h3-6,14H,7-12H2,1-2H3. The Morgan fingerprint density at radius 1 is 1.04 bits per heavy atom. The number of para-hydroxylation sites is 2. The zero-order chi connectivity index (χ0) is 18.0. The van der Waals surface area contributed by atoms with Gasteiger partial charge in [-0.1, -0.05) is 12.1 Å². The highest BCUT2D eigenvalue weighted by Crippen LogP contribution is 2.33. The Hall–Kier alpha value is -2.57. The van der Waals surface area contributed by atoms with Crippen molar-refractivity contribution in [3.63, 3.8) is 0 Å². The Balaban J connectivity index is 1.68. The molecule has 2 aliphatic rings. The van der Waals surface area contributed by atoms with Crippen LogP contribution in [-0.2, 0) is 14.4 Å². The highest BCUT2D eigenvalue weighted by Gasteiger charge is 2.41. The van der Waals surface area contributed by atoms with E-state index in [4.69, 9.17) is 4.74 Å². The van der Waals surface area contributed by atoms with Crippen molar-refractivity contribution in [3.05, 3.63) is 24.3 Å². The number of hydrogen-bond donors (Lipinski definition) is 0. The predicted molar refractivity (Wildman–Crippen MR) is 92.3 cm³/mol. The molecule has 0 bridgehead atoms. The van der Waals surface area contributed by atoms with Gasteiger partial charge in [-0.05, 0) is 18.6 Å². The summed E-state index contributed by atoms with van der Waals surface area (Å²) in [4.78, 5) is 42.0. The van der Waals surface area contributed by atoms with Gasteiger partial charge in [-0.2, -0.15) is 0 Å². The molecule has 1 atom stereocenters. The summed E-state index contributed by atoms with van der Waals surface area (Å²) in [5.74, 6) is -0.312. The van der Waals surface area contributed by atoms with Crippen molar-refractivity contribution in [1.29, 1.82) is 0 Å². The van der Waals surface area contributed by atoms with Crippen LogP contribution in [0.25, 0.3) is 0 Å². The molecule has 7 heteroatoms. The summed E-state index contributed by atoms with van der Waals surface area (Å²) in [5, 5.41) is 0. The number of piperazine rings is 1. The molecule has 134 valence electrons. The highest BCUT2D eigenvalue weighted by atomic mass is 16.5. The second kappa shape index (κ2) is 7.13. The normalized spacial score (nSPS) is 20.8. The number of benzene rings is 1. The van der Waals surface area contributed by atoms with Crippen LogP contribution in [0.15, 0.2) is 24.3 Å². The largest absolute Gasteiger partial charge is 0.495 e. The van der Waals surface area contributed by atoms with Crippen LogP contribution in [0.3, 0.4) is 0 Å². The van der Waals surface area contributed by atoms with Gasteiger partial charge in [-0.15, -0.1) is 0 Å². The summed E-state index contributed by atoms with van der Waals surface area (Å²) in [7, 11) is 1.57. The molecule has 0 aromatic heterocycles. The fourth-order valence-corrected chi connectivity index (χ4v) is 3.46. The summed E-state index contributed by atoms with van der Waals surface area (Å²) in [6, 6.07) is 7.33. The zero-order valence-corrected chi connectivity index (χ0v) is 14.6. The minimum absolute atomic E-state index is 0.0198. The second-order valence-electron chi connectivity index (χ2n) is 6.33. The van der Waals surface area contributed by atoms with E-state index in [1.807, 2.05) is 18.2 Å². The summed E-state index contributed by atoms with van der Waals surface area (Å²) >= 11 is 0. The predicted octanol–water partition coefficient (Wildman–Crippen LogP) is 0.739. The molecule has 0 saturated carbocycles. The minimum Gasteiger partial charge on any atom is -0.495 e. The fourth-order valence-electron chi connectivity index (χ4n) is 3.46. The quantitative estimate of drug-likeness (QED) is 0.758. The van der Waals surface area contributed by atoms with Crippen molar-refractivity contribution in [2.24, 2.45) is 5.92 Å². The van der Waals surface area contributed by atoms with Crippen LogP contribution < -0.4 is 9.64 Å². The van der Waals surface area contributed by atoms with Crippen molar-refractivity contribution < 1.29 is 19.1 Å². The van der Waals surface area contributed by atoms with Crippen LogP contribution in [0.1, 0.15) is 13.3 Å². The molecular weight excluding hydrogens is 322 g/mol. The summed E-state index contributed by atoms with van der Waals surface area (Å²) in [5.41, 5.74) is 0.701. The van der Waals surface area contributed by atoms with E-state index >= 15 is 0 Å². The fraction of sp³-hybridized carbons (Fsp3) is 0.500. The number of ether oxygens (including phenoxy) is 1. The van der Waals surface area contributed by atoms with Gasteiger partial charge in [0.2, 0.25) is 17.7 Å². The molecule has 0 N–H and O–H groups in total. The maximum atomic E-state index is 12.8. The maximum absolute atomic E-state index is 12.8. The number of hydrogen-bond acceptors (Lipinski definition) is 4. The molecule has 3 amide bonds. The molecule has 3 rings (SSSR count). The molecule has 2 saturated heterocycles. The Morgan fingerprint density at radius 3 is 2.32 bits per heavy atom. The van der Waals surface area contributed by atoms with E-state index < -0.39 is 5.92 Å². The van der Waals surface area contributed by atoms with E-state index in [1.165, 1.54) is 6.92 Å². The maximum Gasteiger partial charge on any atom is 0.239 e. The minimum atomic E-state index is -0.645. The van der Waals surface area contributed by atoms with Gasteiger partial charge in [0.15, 0.2) is 0 Å². The Morgan fingerprint density at radius 2 is 1.68 bits per heavy atom. The van der Waals surface area contributed by atoms with Gasteiger partial charge in [-0.25, -0.2) is 0 Å². The number of rotatable bonds is 3. The average Bonchev–Trinajstić information content (AvgIpc) is 3.02. The van der Waals surface area contributed by atoms with Gasteiger partial charge < -0.3 is 19.4 Å². The van der Waals surface area contributed by atoms with Crippen LogP contribution in [0.4, 0.5) is 5.69 Å². The molecule has 2 heterocycles. The smallest absolute Gasteiger partial charge is 0.239 e. The van der Waals surface area contributed by atoms with Crippen LogP contribution in [-0.4, -0.2) is 67.4 Å². The molecule has 1 aromatic carbocycles. The first kappa shape index (κ1) is 17.3. The van der Waals surface area contributed by atoms with Crippen molar-refractivity contribution >= 4 is 23.4 Å². The van der Waals surface area contributed by atoms with Gasteiger partial charge >= 0.3 is 0 Å². The molecule has 0 radical (unpaired) electrons. The summed E-state index contributed by atoms with van der Waals surface area (Å²) in [6.07, 6.45) is 0.503. The van der Waals surface area contributed by atoms with E-state index in [1.54, 1.807) is 27.9 Å². The third kappa shape index (κ3) is 3.31. The molecule has 2 fully saturated rings. The number of amides is 3. The number of carbonyl (C=O) groups is 3. The Bertz CT molecular complexity index is 683. The Labute approximate surface area is 147 Å². The van der Waals surface area contributed by atoms with Gasteiger partial charge in [-0.3, -0.25) is 14.4 Å². The van der Waals surface area contributed by atoms with E-state index in [2.05, 4.69) is 0 Å². The van der Waals surface area contributed by atoms with Crippen molar-refractivity contribution in [2.75, 3.05) is 44.7 Å². The van der Waals surface area contributed by atoms with E-state index in [0.29, 0.717) is 50.6 Å². The SMILES string of the molecule is COc1ccccc1N1CCC(C(=O)N2CCN(C(C)=O)CC2)C1=O. The monoisotopic (exact) mass is 345 g/mol. The molecule has 1 aromatic rings. The molecule has 25 heavy (non-hydrogen) atoms. The van der Waals surface area contributed by atoms with E-state index in [-0.39, 0.29) is 17.7 Å². The van der Waals surface area contributed by atoms with Crippen LogP contribution in [0.5, 0.6) is 5.75 Å². The number of anilines is 1. The first-order valence-electron chi connectivity index (χ1n) is 8.51. The third-order valence-corrected chi connectivity index (χ3v) is 4.92. The van der Waals surface area contributed by atoms with Gasteiger partial charge in [0, 0.05) is 39.6 Å². The zero-order valence-electron chi connectivity index (χ0n) is 14.6. The number of nitrogens with zero attached hydrogens (tertiary/aromatic N) is 3. The topological polar surface area (TPSA) is 70.2 Å². The number of methoxy groups -OCH3 is 1. The van der Waals surface area contributed by atoms with Gasteiger partial charge in [0.05, 0.1) is 12.8 Å². The van der Waals surface area contributed by atoms with Crippen molar-refractivity contribution in [3.8, 4) is 5.75 Å². The van der Waals surface area contributed by atoms with Crippen molar-refractivity contribution in [1.82, 2.24) is 9.80 Å². The molecule has 2 aliphatic heterocycles. The number of carbonyl (C=O) groups excluding carboxylic acids is 3. The Kier molecular flexibility index (Phi) is 4.92. The first-order valence-corrected chi connectivity index (χ1v) is 8.51. The molecule has 7 nitrogen and oxygen atoms in total. The van der Waals surface area contributed by atoms with Gasteiger partial charge in [0.1, 0.15) is 11.7 Å². The second-order valence-corrected chi connectivity index (χ2v) is 6.33. The van der Waals surface area contributed by atoms with Crippen LogP contribution in [0.2, 0.25) is 0 Å². The van der Waals surface area contributed by atoms with Gasteiger partial charge in [0.25, 0.3) is 0 Å². The lowest BCUT2D eigenvalue weighted by Gasteiger charge is -2.35. The lowest BCUT2D eigenvalue weighted by molar-refractivity contribution is -0.144. The molecule has 0 aliphatic carbocycles. The lowest BCUT2D eigenvalue weighted by atomic mass is 10.1. The highest BCUT2D eigenvalue weighted by molar-refractivity contribution is 6.10. The lowest BCUT2D eigenvalue weighted by Crippen LogP contribution is -2.52. The van der Waals surface area contributed by atoms with E-state index in [9.17, 15) is 14.4 Å². The third-order valence-electron chi connectivity index (χ3n) is 4.92. The van der Waals surface area contributed by atoms with Crippen LogP contribution in [0, 0.1) is 5.92 Å².